The van der Waals surface area contributed by atoms with Gasteiger partial charge in [-0.25, -0.2) is 0 Å². The van der Waals surface area contributed by atoms with Crippen LogP contribution in [0.2, 0.25) is 10.0 Å². The van der Waals surface area contributed by atoms with Crippen molar-refractivity contribution in [3.8, 4) is 11.5 Å². The molecule has 1 N–H and O–H groups in total. The van der Waals surface area contributed by atoms with E-state index in [-0.39, 0.29) is 0 Å². The summed E-state index contributed by atoms with van der Waals surface area (Å²) in [5.74, 6) is 1.50. The van der Waals surface area contributed by atoms with E-state index in [2.05, 4.69) is 23.5 Å². The van der Waals surface area contributed by atoms with Gasteiger partial charge in [0.25, 0.3) is 0 Å². The molecular weight excluding hydrogens is 405 g/mol. The SMILES string of the molecule is CCOc1cc(CNCCC2=CCCCC2)ccc1OCc1ccc(Cl)c(Cl)c1. The van der Waals surface area contributed by atoms with Crippen LogP contribution in [0.1, 0.15) is 50.2 Å². The lowest BCUT2D eigenvalue weighted by atomic mass is 9.97. The van der Waals surface area contributed by atoms with E-state index < -0.39 is 0 Å². The Labute approximate surface area is 184 Å². The molecule has 0 spiro atoms. The van der Waals surface area contributed by atoms with Crippen molar-refractivity contribution in [2.24, 2.45) is 0 Å². The second-order valence-electron chi connectivity index (χ2n) is 7.29. The first-order valence-corrected chi connectivity index (χ1v) is 11.1. The van der Waals surface area contributed by atoms with Gasteiger partial charge in [-0.15, -0.1) is 0 Å². The van der Waals surface area contributed by atoms with Crippen LogP contribution in [0.3, 0.4) is 0 Å². The molecule has 0 radical (unpaired) electrons. The molecule has 1 aliphatic carbocycles. The van der Waals surface area contributed by atoms with E-state index in [0.29, 0.717) is 23.3 Å². The normalized spacial score (nSPS) is 13.8. The average Bonchev–Trinajstić information content (AvgIpc) is 2.74. The van der Waals surface area contributed by atoms with Gasteiger partial charge in [-0.2, -0.15) is 0 Å². The summed E-state index contributed by atoms with van der Waals surface area (Å²) in [6.45, 7) is 4.80. The summed E-state index contributed by atoms with van der Waals surface area (Å²) in [6, 6.07) is 11.6. The van der Waals surface area contributed by atoms with Gasteiger partial charge in [0, 0.05) is 6.54 Å². The van der Waals surface area contributed by atoms with Crippen molar-refractivity contribution in [2.45, 2.75) is 52.2 Å². The van der Waals surface area contributed by atoms with Crippen molar-refractivity contribution in [3.63, 3.8) is 0 Å². The van der Waals surface area contributed by atoms with Gasteiger partial charge in [-0.1, -0.05) is 47.0 Å². The predicted octanol–water partition coefficient (Wildman–Crippen LogP) is 6.95. The molecule has 3 rings (SSSR count). The Morgan fingerprint density at radius 1 is 0.931 bits per heavy atom. The quantitative estimate of drug-likeness (QED) is 0.324. The van der Waals surface area contributed by atoms with Crippen molar-refractivity contribution in [3.05, 3.63) is 69.2 Å². The monoisotopic (exact) mass is 433 g/mol. The first kappa shape index (κ1) is 22.0. The highest BCUT2D eigenvalue weighted by Gasteiger charge is 2.09. The lowest BCUT2D eigenvalue weighted by molar-refractivity contribution is 0.269. The van der Waals surface area contributed by atoms with Gasteiger partial charge in [-0.3, -0.25) is 0 Å². The number of hydrogen-bond acceptors (Lipinski definition) is 3. The molecule has 0 amide bonds. The fourth-order valence-corrected chi connectivity index (χ4v) is 3.77. The molecule has 2 aromatic rings. The lowest BCUT2D eigenvalue weighted by Crippen LogP contribution is -2.15. The van der Waals surface area contributed by atoms with Gasteiger partial charge in [0.05, 0.1) is 16.7 Å². The largest absolute Gasteiger partial charge is 0.490 e. The molecule has 29 heavy (non-hydrogen) atoms. The van der Waals surface area contributed by atoms with Crippen molar-refractivity contribution >= 4 is 23.2 Å². The molecule has 0 heterocycles. The van der Waals surface area contributed by atoms with E-state index in [1.54, 1.807) is 11.6 Å². The fourth-order valence-electron chi connectivity index (χ4n) is 3.45. The highest BCUT2D eigenvalue weighted by molar-refractivity contribution is 6.42. The molecule has 2 aromatic carbocycles. The summed E-state index contributed by atoms with van der Waals surface area (Å²) in [7, 11) is 0. The summed E-state index contributed by atoms with van der Waals surface area (Å²) in [6.07, 6.45) is 8.75. The zero-order valence-corrected chi connectivity index (χ0v) is 18.5. The number of ether oxygens (including phenoxy) is 2. The summed E-state index contributed by atoms with van der Waals surface area (Å²) in [5, 5.41) is 4.62. The van der Waals surface area contributed by atoms with Crippen molar-refractivity contribution in [2.75, 3.05) is 13.2 Å². The molecule has 1 aliphatic rings. The predicted molar refractivity (Wildman–Crippen MR) is 121 cm³/mol. The Morgan fingerprint density at radius 2 is 1.79 bits per heavy atom. The Kier molecular flexibility index (Phi) is 8.72. The maximum atomic E-state index is 6.08. The zero-order valence-electron chi connectivity index (χ0n) is 17.0. The van der Waals surface area contributed by atoms with Crippen LogP contribution < -0.4 is 14.8 Å². The summed E-state index contributed by atoms with van der Waals surface area (Å²) >= 11 is 12.1. The number of hydrogen-bond donors (Lipinski definition) is 1. The van der Waals surface area contributed by atoms with Crippen LogP contribution in [0.15, 0.2) is 48.0 Å². The van der Waals surface area contributed by atoms with Gasteiger partial charge in [0.2, 0.25) is 0 Å². The third kappa shape index (κ3) is 6.95. The molecule has 0 saturated carbocycles. The highest BCUT2D eigenvalue weighted by Crippen LogP contribution is 2.30. The van der Waals surface area contributed by atoms with E-state index in [1.165, 1.54) is 31.2 Å². The zero-order chi connectivity index (χ0) is 20.5. The Balaban J connectivity index is 1.54. The second kappa shape index (κ2) is 11.5. The average molecular weight is 434 g/mol. The topological polar surface area (TPSA) is 30.5 Å². The molecule has 0 fully saturated rings. The molecule has 0 bridgehead atoms. The Morgan fingerprint density at radius 3 is 2.55 bits per heavy atom. The molecule has 156 valence electrons. The highest BCUT2D eigenvalue weighted by atomic mass is 35.5. The number of allylic oxidation sites excluding steroid dienone is 1. The van der Waals surface area contributed by atoms with Gasteiger partial charge in [0.15, 0.2) is 11.5 Å². The number of halogens is 2. The molecule has 0 unspecified atom stereocenters. The van der Waals surface area contributed by atoms with Gasteiger partial charge < -0.3 is 14.8 Å². The van der Waals surface area contributed by atoms with Crippen molar-refractivity contribution in [1.82, 2.24) is 5.32 Å². The Bertz CT molecular complexity index is 836. The van der Waals surface area contributed by atoms with Crippen LogP contribution in [0, 0.1) is 0 Å². The van der Waals surface area contributed by atoms with Crippen LogP contribution in [-0.4, -0.2) is 13.2 Å². The minimum absolute atomic E-state index is 0.406. The molecule has 5 heteroatoms. The number of rotatable bonds is 10. The first-order valence-electron chi connectivity index (χ1n) is 10.4. The van der Waals surface area contributed by atoms with Crippen LogP contribution >= 0.6 is 23.2 Å². The first-order chi connectivity index (χ1) is 14.2. The number of benzene rings is 2. The van der Waals surface area contributed by atoms with Crippen LogP contribution in [0.5, 0.6) is 11.5 Å². The minimum atomic E-state index is 0.406. The summed E-state index contributed by atoms with van der Waals surface area (Å²) < 4.78 is 11.8. The van der Waals surface area contributed by atoms with Gasteiger partial charge >= 0.3 is 0 Å². The molecule has 0 atom stereocenters. The molecule has 3 nitrogen and oxygen atoms in total. The summed E-state index contributed by atoms with van der Waals surface area (Å²) in [4.78, 5) is 0. The van der Waals surface area contributed by atoms with Gasteiger partial charge in [0.1, 0.15) is 6.61 Å². The third-order valence-corrected chi connectivity index (χ3v) is 5.76. The van der Waals surface area contributed by atoms with Crippen molar-refractivity contribution < 1.29 is 9.47 Å². The molecule has 0 aliphatic heterocycles. The fraction of sp³-hybridized carbons (Fsp3) is 0.417. The molecular formula is C24H29Cl2NO2. The number of nitrogens with one attached hydrogen (secondary N) is 1. The Hall–Kier alpha value is -1.68. The third-order valence-electron chi connectivity index (χ3n) is 5.02. The summed E-state index contributed by atoms with van der Waals surface area (Å²) in [5.41, 5.74) is 3.75. The van der Waals surface area contributed by atoms with E-state index in [1.807, 2.05) is 25.1 Å². The molecule has 0 aromatic heterocycles. The van der Waals surface area contributed by atoms with Gasteiger partial charge in [-0.05, 0) is 81.0 Å². The van der Waals surface area contributed by atoms with E-state index in [9.17, 15) is 0 Å². The smallest absolute Gasteiger partial charge is 0.161 e. The van der Waals surface area contributed by atoms with E-state index in [4.69, 9.17) is 32.7 Å². The molecule has 0 saturated heterocycles. The standard InChI is InChI=1S/C24H29Cl2NO2/c1-2-28-24-15-19(16-27-13-12-18-6-4-3-5-7-18)9-11-23(24)29-17-20-8-10-21(25)22(26)14-20/h6,8-11,14-15,27H,2-5,7,12-13,16-17H2,1H3. The van der Waals surface area contributed by atoms with Crippen LogP contribution in [-0.2, 0) is 13.2 Å². The maximum Gasteiger partial charge on any atom is 0.161 e. The van der Waals surface area contributed by atoms with E-state index in [0.717, 1.165) is 36.6 Å². The van der Waals surface area contributed by atoms with Crippen LogP contribution in [0.4, 0.5) is 0 Å². The minimum Gasteiger partial charge on any atom is -0.490 e. The maximum absolute atomic E-state index is 6.08. The van der Waals surface area contributed by atoms with E-state index >= 15 is 0 Å². The van der Waals surface area contributed by atoms with Crippen LogP contribution in [0.25, 0.3) is 0 Å². The lowest BCUT2D eigenvalue weighted by Gasteiger charge is -2.15. The second-order valence-corrected chi connectivity index (χ2v) is 8.10. The van der Waals surface area contributed by atoms with Crippen molar-refractivity contribution in [1.29, 1.82) is 0 Å².